The maximum absolute atomic E-state index is 11.0. The molecule has 0 bridgehead atoms. The van der Waals surface area contributed by atoms with Crippen LogP contribution >= 0.6 is 11.8 Å². The SMILES string of the molecule is CSc1cccc(N2CCN(CCOc3ccccc3C=O)CC2)c1. The Morgan fingerprint density at radius 2 is 1.88 bits per heavy atom. The number of piperazine rings is 1. The first-order chi connectivity index (χ1) is 12.3. The Bertz CT molecular complexity index is 700. The summed E-state index contributed by atoms with van der Waals surface area (Å²) in [7, 11) is 0. The van der Waals surface area contributed by atoms with Gasteiger partial charge in [0, 0.05) is 43.3 Å². The van der Waals surface area contributed by atoms with Crippen LogP contribution in [0.3, 0.4) is 0 Å². The highest BCUT2D eigenvalue weighted by Gasteiger charge is 2.17. The lowest BCUT2D eigenvalue weighted by Gasteiger charge is -2.36. The predicted octanol–water partition coefficient (Wildman–Crippen LogP) is 3.42. The molecule has 3 rings (SSSR count). The van der Waals surface area contributed by atoms with Gasteiger partial charge in [0.1, 0.15) is 12.4 Å². The van der Waals surface area contributed by atoms with E-state index in [4.69, 9.17) is 4.74 Å². The number of carbonyl (C=O) groups excluding carboxylic acids is 1. The van der Waals surface area contributed by atoms with Gasteiger partial charge in [0.25, 0.3) is 0 Å². The van der Waals surface area contributed by atoms with Crippen molar-refractivity contribution >= 4 is 23.7 Å². The fourth-order valence-electron chi connectivity index (χ4n) is 3.03. The molecule has 0 aliphatic carbocycles. The minimum Gasteiger partial charge on any atom is -0.492 e. The maximum atomic E-state index is 11.0. The molecule has 1 fully saturated rings. The van der Waals surface area contributed by atoms with Crippen LogP contribution in [0.4, 0.5) is 5.69 Å². The zero-order chi connectivity index (χ0) is 17.5. The monoisotopic (exact) mass is 356 g/mol. The number of carbonyl (C=O) groups is 1. The number of aldehydes is 1. The third-order valence-corrected chi connectivity index (χ3v) is 5.23. The molecule has 2 aromatic rings. The minimum absolute atomic E-state index is 0.604. The van der Waals surface area contributed by atoms with Crippen molar-refractivity contribution < 1.29 is 9.53 Å². The van der Waals surface area contributed by atoms with E-state index in [1.807, 2.05) is 18.2 Å². The Labute approximate surface area is 153 Å². The minimum atomic E-state index is 0.604. The molecule has 132 valence electrons. The summed E-state index contributed by atoms with van der Waals surface area (Å²) in [5, 5.41) is 0. The largest absolute Gasteiger partial charge is 0.492 e. The van der Waals surface area contributed by atoms with Crippen molar-refractivity contribution in [3.63, 3.8) is 0 Å². The average molecular weight is 356 g/mol. The van der Waals surface area contributed by atoms with Crippen molar-refractivity contribution in [2.45, 2.75) is 4.90 Å². The Hall–Kier alpha value is -1.98. The second-order valence-electron chi connectivity index (χ2n) is 6.03. The summed E-state index contributed by atoms with van der Waals surface area (Å²) in [6, 6.07) is 16.1. The normalized spacial score (nSPS) is 15.2. The van der Waals surface area contributed by atoms with Gasteiger partial charge in [-0.1, -0.05) is 18.2 Å². The number of thioether (sulfide) groups is 1. The van der Waals surface area contributed by atoms with Crippen molar-refractivity contribution in [3.8, 4) is 5.75 Å². The molecular formula is C20H24N2O2S. The second-order valence-corrected chi connectivity index (χ2v) is 6.91. The molecule has 0 aromatic heterocycles. The van der Waals surface area contributed by atoms with Gasteiger partial charge in [-0.05, 0) is 36.6 Å². The molecule has 0 radical (unpaired) electrons. The second kappa shape index (κ2) is 8.92. The van der Waals surface area contributed by atoms with Gasteiger partial charge in [-0.3, -0.25) is 9.69 Å². The van der Waals surface area contributed by atoms with Crippen LogP contribution in [0.25, 0.3) is 0 Å². The molecule has 0 unspecified atom stereocenters. The standard InChI is InChI=1S/C20H24N2O2S/c1-25-19-7-4-6-18(15-19)22-11-9-21(10-12-22)13-14-24-20-8-3-2-5-17(20)16-23/h2-8,15-16H,9-14H2,1H3. The summed E-state index contributed by atoms with van der Waals surface area (Å²) in [5.41, 5.74) is 1.92. The number of ether oxygens (including phenoxy) is 1. The molecule has 4 nitrogen and oxygen atoms in total. The molecule has 0 amide bonds. The van der Waals surface area contributed by atoms with Crippen molar-refractivity contribution in [2.75, 3.05) is 50.5 Å². The van der Waals surface area contributed by atoms with Crippen molar-refractivity contribution in [1.29, 1.82) is 0 Å². The molecule has 0 spiro atoms. The van der Waals surface area contributed by atoms with Crippen LogP contribution in [-0.4, -0.2) is 56.8 Å². The average Bonchev–Trinajstić information content (AvgIpc) is 2.69. The fourth-order valence-corrected chi connectivity index (χ4v) is 3.48. The lowest BCUT2D eigenvalue weighted by molar-refractivity contribution is 0.111. The number of benzene rings is 2. The summed E-state index contributed by atoms with van der Waals surface area (Å²) in [5.74, 6) is 0.671. The van der Waals surface area contributed by atoms with Gasteiger partial charge in [0.05, 0.1) is 5.56 Å². The molecule has 0 saturated carbocycles. The first-order valence-electron chi connectivity index (χ1n) is 8.58. The molecule has 1 saturated heterocycles. The van der Waals surface area contributed by atoms with Crippen LogP contribution in [0.1, 0.15) is 10.4 Å². The van der Waals surface area contributed by atoms with Gasteiger partial charge in [0.15, 0.2) is 6.29 Å². The smallest absolute Gasteiger partial charge is 0.153 e. The van der Waals surface area contributed by atoms with Crippen molar-refractivity contribution in [1.82, 2.24) is 4.90 Å². The highest BCUT2D eigenvalue weighted by Crippen LogP contribution is 2.23. The first-order valence-corrected chi connectivity index (χ1v) is 9.81. The summed E-state index contributed by atoms with van der Waals surface area (Å²) >= 11 is 1.78. The van der Waals surface area contributed by atoms with Crippen LogP contribution in [0.5, 0.6) is 5.75 Å². The number of para-hydroxylation sites is 1. The topological polar surface area (TPSA) is 32.8 Å². The third-order valence-electron chi connectivity index (χ3n) is 4.50. The molecular weight excluding hydrogens is 332 g/mol. The molecule has 0 atom stereocenters. The number of hydrogen-bond acceptors (Lipinski definition) is 5. The van der Waals surface area contributed by atoms with Crippen molar-refractivity contribution in [3.05, 3.63) is 54.1 Å². The van der Waals surface area contributed by atoms with E-state index in [2.05, 4.69) is 40.3 Å². The van der Waals surface area contributed by atoms with E-state index in [0.717, 1.165) is 39.0 Å². The molecule has 1 heterocycles. The lowest BCUT2D eigenvalue weighted by atomic mass is 10.2. The molecule has 2 aromatic carbocycles. The number of hydrogen-bond donors (Lipinski definition) is 0. The lowest BCUT2D eigenvalue weighted by Crippen LogP contribution is -2.47. The number of anilines is 1. The summed E-state index contributed by atoms with van der Waals surface area (Å²) in [4.78, 5) is 17.2. The summed E-state index contributed by atoms with van der Waals surface area (Å²) in [6.45, 7) is 5.61. The zero-order valence-electron chi connectivity index (χ0n) is 14.6. The van der Waals surface area contributed by atoms with E-state index in [9.17, 15) is 4.79 Å². The number of rotatable bonds is 7. The molecule has 25 heavy (non-hydrogen) atoms. The van der Waals surface area contributed by atoms with E-state index >= 15 is 0 Å². The van der Waals surface area contributed by atoms with Gasteiger partial charge < -0.3 is 9.64 Å². The van der Waals surface area contributed by atoms with E-state index in [0.29, 0.717) is 17.9 Å². The van der Waals surface area contributed by atoms with Crippen LogP contribution in [0, 0.1) is 0 Å². The zero-order valence-corrected chi connectivity index (χ0v) is 15.4. The first kappa shape index (κ1) is 17.8. The maximum Gasteiger partial charge on any atom is 0.153 e. The van der Waals surface area contributed by atoms with E-state index in [1.54, 1.807) is 17.8 Å². The summed E-state index contributed by atoms with van der Waals surface area (Å²) < 4.78 is 5.78. The highest BCUT2D eigenvalue weighted by molar-refractivity contribution is 7.98. The molecule has 1 aliphatic rings. The van der Waals surface area contributed by atoms with Crippen LogP contribution in [0.15, 0.2) is 53.4 Å². The fraction of sp³-hybridized carbons (Fsp3) is 0.350. The summed E-state index contributed by atoms with van der Waals surface area (Å²) in [6.07, 6.45) is 2.95. The molecule has 0 N–H and O–H groups in total. The van der Waals surface area contributed by atoms with Crippen molar-refractivity contribution in [2.24, 2.45) is 0 Å². The number of nitrogens with zero attached hydrogens (tertiary/aromatic N) is 2. The van der Waals surface area contributed by atoms with Gasteiger partial charge in [-0.2, -0.15) is 0 Å². The quantitative estimate of drug-likeness (QED) is 0.561. The Morgan fingerprint density at radius 3 is 2.64 bits per heavy atom. The van der Waals surface area contributed by atoms with Gasteiger partial charge in [-0.15, -0.1) is 11.8 Å². The third kappa shape index (κ3) is 4.77. The van der Waals surface area contributed by atoms with E-state index in [1.165, 1.54) is 10.6 Å². The van der Waals surface area contributed by atoms with Gasteiger partial charge in [0.2, 0.25) is 0 Å². The van der Waals surface area contributed by atoms with Crippen LogP contribution in [-0.2, 0) is 0 Å². The van der Waals surface area contributed by atoms with Crippen LogP contribution in [0.2, 0.25) is 0 Å². The predicted molar refractivity (Wildman–Crippen MR) is 104 cm³/mol. The van der Waals surface area contributed by atoms with Crippen LogP contribution < -0.4 is 9.64 Å². The Balaban J connectivity index is 1.45. The van der Waals surface area contributed by atoms with E-state index in [-0.39, 0.29) is 0 Å². The molecule has 1 aliphatic heterocycles. The highest BCUT2D eigenvalue weighted by atomic mass is 32.2. The van der Waals surface area contributed by atoms with E-state index < -0.39 is 0 Å². The Morgan fingerprint density at radius 1 is 1.08 bits per heavy atom. The van der Waals surface area contributed by atoms with Gasteiger partial charge >= 0.3 is 0 Å². The Kier molecular flexibility index (Phi) is 6.36. The van der Waals surface area contributed by atoms with Gasteiger partial charge in [-0.25, -0.2) is 0 Å². The molecule has 5 heteroatoms.